The summed E-state index contributed by atoms with van der Waals surface area (Å²) in [4.78, 5) is 12.7. The van der Waals surface area contributed by atoms with Crippen molar-refractivity contribution in [2.75, 3.05) is 17.2 Å². The number of anilines is 1. The molecule has 182 valence electrons. The summed E-state index contributed by atoms with van der Waals surface area (Å²) in [6.45, 7) is 5.47. The number of hydrogen-bond donors (Lipinski definition) is 1. The molecule has 0 aliphatic heterocycles. The minimum absolute atomic E-state index is 0.326. The normalized spacial score (nSPS) is 12.1. The van der Waals surface area contributed by atoms with Gasteiger partial charge in [-0.2, -0.15) is 5.10 Å². The van der Waals surface area contributed by atoms with Crippen LogP contribution in [0.5, 0.6) is 17.2 Å². The molecule has 3 rings (SSSR count). The van der Waals surface area contributed by atoms with Gasteiger partial charge in [-0.3, -0.25) is 9.10 Å². The van der Waals surface area contributed by atoms with Crippen LogP contribution in [0.25, 0.3) is 0 Å². The van der Waals surface area contributed by atoms with Gasteiger partial charge in [-0.15, -0.1) is 0 Å². The maximum atomic E-state index is 12.7. The average molecular weight is 494 g/mol. The Morgan fingerprint density at radius 3 is 2.34 bits per heavy atom. The minimum atomic E-state index is -3.77. The summed E-state index contributed by atoms with van der Waals surface area (Å²) >= 11 is 0. The molecule has 0 fully saturated rings. The Bertz CT molecular complexity index is 1280. The van der Waals surface area contributed by atoms with E-state index < -0.39 is 22.0 Å². The van der Waals surface area contributed by atoms with E-state index in [4.69, 9.17) is 9.47 Å². The van der Waals surface area contributed by atoms with Crippen molar-refractivity contribution < 1.29 is 22.7 Å². The number of ether oxygens (including phenoxy) is 2. The molecule has 0 saturated heterocycles. The quantitative estimate of drug-likeness (QED) is 0.243. The van der Waals surface area contributed by atoms with Crippen molar-refractivity contribution in [2.45, 2.75) is 13.0 Å². The van der Waals surface area contributed by atoms with Crippen LogP contribution >= 0.6 is 0 Å². The van der Waals surface area contributed by atoms with Crippen molar-refractivity contribution in [1.29, 1.82) is 0 Å². The summed E-state index contributed by atoms with van der Waals surface area (Å²) in [7, 11) is -3.77. The molecule has 1 amide bonds. The van der Waals surface area contributed by atoms with Crippen molar-refractivity contribution in [3.05, 3.63) is 97.1 Å². The SMILES string of the molecule is C=CCOc1cccc(/C=N\NC(=O)[C@H](C)N(c2ccc(Oc3ccccc3)cc2)S(C)(=O)=O)c1. The lowest BCUT2D eigenvalue weighted by Crippen LogP contribution is -2.46. The highest BCUT2D eigenvalue weighted by molar-refractivity contribution is 7.92. The standard InChI is InChI=1S/C26H27N3O5S/c1-4-17-33-25-12-8-9-21(18-25)19-27-28-26(30)20(2)29(35(3,31)32)22-13-15-24(16-14-22)34-23-10-6-5-7-11-23/h4-16,18-20H,1,17H2,2-3H3,(H,28,30)/b27-19-/t20-/m0/s1. The monoisotopic (exact) mass is 493 g/mol. The molecule has 0 radical (unpaired) electrons. The van der Waals surface area contributed by atoms with Crippen LogP contribution in [0.15, 0.2) is 96.6 Å². The smallest absolute Gasteiger partial charge is 0.263 e. The Morgan fingerprint density at radius 1 is 1.03 bits per heavy atom. The zero-order valence-electron chi connectivity index (χ0n) is 19.5. The van der Waals surface area contributed by atoms with Gasteiger partial charge in [0.05, 0.1) is 18.2 Å². The number of carbonyl (C=O) groups is 1. The van der Waals surface area contributed by atoms with Crippen LogP contribution in [-0.4, -0.2) is 39.4 Å². The van der Waals surface area contributed by atoms with Gasteiger partial charge in [0.1, 0.15) is 29.9 Å². The van der Waals surface area contributed by atoms with Crippen molar-refractivity contribution in [1.82, 2.24) is 5.43 Å². The van der Waals surface area contributed by atoms with E-state index in [1.807, 2.05) is 30.3 Å². The third-order valence-corrected chi connectivity index (χ3v) is 6.01. The number of nitrogens with one attached hydrogen (secondary N) is 1. The van der Waals surface area contributed by atoms with Crippen LogP contribution in [0.4, 0.5) is 5.69 Å². The summed E-state index contributed by atoms with van der Waals surface area (Å²) in [5.74, 6) is 1.24. The van der Waals surface area contributed by atoms with Gasteiger partial charge in [0.2, 0.25) is 10.0 Å². The van der Waals surface area contributed by atoms with Gasteiger partial charge in [-0.25, -0.2) is 13.8 Å². The number of rotatable bonds is 11. The molecular formula is C26H27N3O5S. The van der Waals surface area contributed by atoms with Crippen molar-refractivity contribution >= 4 is 27.8 Å². The predicted molar refractivity (Wildman–Crippen MR) is 138 cm³/mol. The Kier molecular flexibility index (Phi) is 8.63. The Labute approximate surface area is 205 Å². The highest BCUT2D eigenvalue weighted by Crippen LogP contribution is 2.27. The van der Waals surface area contributed by atoms with Crippen LogP contribution in [0.1, 0.15) is 12.5 Å². The molecule has 3 aromatic carbocycles. The third-order valence-electron chi connectivity index (χ3n) is 4.77. The van der Waals surface area contributed by atoms with Crippen molar-refractivity contribution in [3.63, 3.8) is 0 Å². The third kappa shape index (κ3) is 7.44. The highest BCUT2D eigenvalue weighted by atomic mass is 32.2. The molecule has 0 aliphatic carbocycles. The van der Waals surface area contributed by atoms with E-state index in [1.165, 1.54) is 13.1 Å². The lowest BCUT2D eigenvalue weighted by molar-refractivity contribution is -0.121. The Hall–Kier alpha value is -4.11. The van der Waals surface area contributed by atoms with E-state index in [0.29, 0.717) is 35.1 Å². The van der Waals surface area contributed by atoms with E-state index in [0.717, 1.165) is 10.6 Å². The molecule has 1 atom stereocenters. The second-order valence-corrected chi connectivity index (χ2v) is 9.41. The summed E-state index contributed by atoms with van der Waals surface area (Å²) in [5.41, 5.74) is 3.43. The van der Waals surface area contributed by atoms with E-state index in [-0.39, 0.29) is 0 Å². The summed E-state index contributed by atoms with van der Waals surface area (Å²) in [6.07, 6.45) is 4.13. The molecule has 0 aromatic heterocycles. The molecule has 9 heteroatoms. The number of hydrogen-bond acceptors (Lipinski definition) is 6. The van der Waals surface area contributed by atoms with Crippen LogP contribution in [0.3, 0.4) is 0 Å². The van der Waals surface area contributed by atoms with E-state index in [1.54, 1.807) is 54.6 Å². The fourth-order valence-corrected chi connectivity index (χ4v) is 4.37. The van der Waals surface area contributed by atoms with Crippen LogP contribution in [0.2, 0.25) is 0 Å². The van der Waals surface area contributed by atoms with Gasteiger partial charge in [0.15, 0.2) is 0 Å². The molecule has 3 aromatic rings. The second kappa shape index (κ2) is 11.8. The number of amides is 1. The molecule has 0 heterocycles. The topological polar surface area (TPSA) is 97.3 Å². The Balaban J connectivity index is 1.69. The number of nitrogens with zero attached hydrogens (tertiary/aromatic N) is 2. The van der Waals surface area contributed by atoms with Crippen LogP contribution < -0.4 is 19.2 Å². The Morgan fingerprint density at radius 2 is 1.69 bits per heavy atom. The summed E-state index contributed by atoms with van der Waals surface area (Å²) in [6, 6.07) is 21.8. The molecule has 1 N–H and O–H groups in total. The molecule has 8 nitrogen and oxygen atoms in total. The van der Waals surface area contributed by atoms with E-state index >= 15 is 0 Å². The summed E-state index contributed by atoms with van der Waals surface area (Å²) < 4.78 is 37.3. The minimum Gasteiger partial charge on any atom is -0.490 e. The molecule has 35 heavy (non-hydrogen) atoms. The summed E-state index contributed by atoms with van der Waals surface area (Å²) in [5, 5.41) is 3.96. The second-order valence-electron chi connectivity index (χ2n) is 7.55. The number of carbonyl (C=O) groups excluding carboxylic acids is 1. The number of sulfonamides is 1. The zero-order valence-corrected chi connectivity index (χ0v) is 20.3. The number of para-hydroxylation sites is 1. The van der Waals surface area contributed by atoms with Gasteiger partial charge >= 0.3 is 0 Å². The number of benzene rings is 3. The maximum Gasteiger partial charge on any atom is 0.263 e. The van der Waals surface area contributed by atoms with Gasteiger partial charge in [0.25, 0.3) is 5.91 Å². The first-order valence-corrected chi connectivity index (χ1v) is 12.6. The fourth-order valence-electron chi connectivity index (χ4n) is 3.20. The van der Waals surface area contributed by atoms with Gasteiger partial charge in [-0.05, 0) is 61.0 Å². The van der Waals surface area contributed by atoms with Crippen molar-refractivity contribution in [2.24, 2.45) is 5.10 Å². The first-order chi connectivity index (χ1) is 16.8. The molecular weight excluding hydrogens is 466 g/mol. The molecule has 0 unspecified atom stereocenters. The molecule has 0 spiro atoms. The first-order valence-electron chi connectivity index (χ1n) is 10.8. The first kappa shape index (κ1) is 25.5. The molecule has 0 bridgehead atoms. The average Bonchev–Trinajstić information content (AvgIpc) is 2.84. The van der Waals surface area contributed by atoms with Gasteiger partial charge < -0.3 is 9.47 Å². The fraction of sp³-hybridized carbons (Fsp3) is 0.154. The van der Waals surface area contributed by atoms with E-state index in [2.05, 4.69) is 17.1 Å². The van der Waals surface area contributed by atoms with Gasteiger partial charge in [0, 0.05) is 0 Å². The lowest BCUT2D eigenvalue weighted by atomic mass is 10.2. The number of hydrazone groups is 1. The lowest BCUT2D eigenvalue weighted by Gasteiger charge is -2.27. The molecule has 0 aliphatic rings. The zero-order chi connectivity index (χ0) is 25.3. The maximum absolute atomic E-state index is 12.7. The van der Waals surface area contributed by atoms with E-state index in [9.17, 15) is 13.2 Å². The van der Waals surface area contributed by atoms with Crippen LogP contribution in [-0.2, 0) is 14.8 Å². The highest BCUT2D eigenvalue weighted by Gasteiger charge is 2.29. The predicted octanol–water partition coefficient (Wildman–Crippen LogP) is 4.35. The van der Waals surface area contributed by atoms with Crippen LogP contribution in [0, 0.1) is 0 Å². The molecule has 0 saturated carbocycles. The van der Waals surface area contributed by atoms with Crippen molar-refractivity contribution in [3.8, 4) is 17.2 Å². The van der Waals surface area contributed by atoms with Gasteiger partial charge in [-0.1, -0.05) is 43.0 Å². The largest absolute Gasteiger partial charge is 0.490 e.